The summed E-state index contributed by atoms with van der Waals surface area (Å²) in [6.45, 7) is 6.93. The number of hydrogen-bond acceptors (Lipinski definition) is 5. The van der Waals surface area contributed by atoms with Crippen LogP contribution in [0.3, 0.4) is 0 Å². The van der Waals surface area contributed by atoms with Crippen molar-refractivity contribution < 1.29 is 14.3 Å². The van der Waals surface area contributed by atoms with E-state index in [4.69, 9.17) is 5.73 Å². The highest BCUT2D eigenvalue weighted by atomic mass is 16.5. The lowest BCUT2D eigenvalue weighted by atomic mass is 9.95. The summed E-state index contributed by atoms with van der Waals surface area (Å²) in [4.78, 5) is 51.0. The molecule has 8 heteroatoms. The Morgan fingerprint density at radius 1 is 1.15 bits per heavy atom. The Labute approximate surface area is 156 Å². The molecule has 0 aliphatic rings. The minimum absolute atomic E-state index is 0.00294. The van der Waals surface area contributed by atoms with Gasteiger partial charge in [-0.3, -0.25) is 19.1 Å². The fraction of sp³-hybridized carbons (Fsp3) is 0.368. The molecule has 1 aromatic heterocycles. The van der Waals surface area contributed by atoms with Crippen LogP contribution < -0.4 is 17.0 Å². The molecule has 0 spiro atoms. The number of nitrogens with two attached hydrogens (primary N) is 1. The number of ether oxygens (including phenoxy) is 1. The van der Waals surface area contributed by atoms with E-state index in [1.165, 1.54) is 0 Å². The average molecular weight is 373 g/mol. The number of nitrogens with zero attached hydrogens (tertiary/aromatic N) is 1. The number of nitrogens with one attached hydrogen (secondary N) is 1. The third-order valence-electron chi connectivity index (χ3n) is 4.07. The van der Waals surface area contributed by atoms with E-state index in [1.807, 2.05) is 19.9 Å². The Bertz CT molecular complexity index is 981. The van der Waals surface area contributed by atoms with Crippen molar-refractivity contribution in [3.8, 4) is 0 Å². The van der Waals surface area contributed by atoms with Crippen LogP contribution >= 0.6 is 0 Å². The maximum absolute atomic E-state index is 13.3. The van der Waals surface area contributed by atoms with Gasteiger partial charge in [-0.05, 0) is 31.9 Å². The smallest absolute Gasteiger partial charge is 0.404 e. The van der Waals surface area contributed by atoms with Gasteiger partial charge in [-0.1, -0.05) is 31.0 Å². The molecule has 0 saturated heterocycles. The molecule has 0 aliphatic heterocycles. The molecule has 27 heavy (non-hydrogen) atoms. The third-order valence-corrected chi connectivity index (χ3v) is 4.07. The summed E-state index contributed by atoms with van der Waals surface area (Å²) < 4.78 is 5.81. The Balaban J connectivity index is 2.69. The number of aromatic nitrogens is 2. The number of primary amides is 1. The second-order valence-electron chi connectivity index (χ2n) is 6.70. The number of H-pyrrole nitrogens is 1. The van der Waals surface area contributed by atoms with E-state index in [9.17, 15) is 19.2 Å². The van der Waals surface area contributed by atoms with Gasteiger partial charge in [0, 0.05) is 11.1 Å². The Kier molecular flexibility index (Phi) is 5.99. The fourth-order valence-electron chi connectivity index (χ4n) is 3.06. The largest absolute Gasteiger partial charge is 0.448 e. The first-order valence-corrected chi connectivity index (χ1v) is 8.54. The summed E-state index contributed by atoms with van der Waals surface area (Å²) >= 11 is 0. The Morgan fingerprint density at radius 2 is 1.74 bits per heavy atom. The number of carbonyl (C=O) groups excluding carboxylic acids is 2. The van der Waals surface area contributed by atoms with E-state index in [2.05, 4.69) is 9.72 Å². The quantitative estimate of drug-likeness (QED) is 0.744. The van der Waals surface area contributed by atoms with Crippen molar-refractivity contribution in [2.45, 2.75) is 40.2 Å². The molecule has 1 amide bonds. The molecule has 1 heterocycles. The fourth-order valence-corrected chi connectivity index (χ4v) is 3.06. The molecule has 0 unspecified atom stereocenters. The predicted molar refractivity (Wildman–Crippen MR) is 100 cm³/mol. The zero-order chi connectivity index (χ0) is 20.3. The van der Waals surface area contributed by atoms with Gasteiger partial charge in [0.25, 0.3) is 5.56 Å². The van der Waals surface area contributed by atoms with Crippen molar-refractivity contribution in [1.82, 2.24) is 9.55 Å². The topological polar surface area (TPSA) is 124 Å². The van der Waals surface area contributed by atoms with Crippen LogP contribution in [-0.2, 0) is 11.3 Å². The lowest BCUT2D eigenvalue weighted by Crippen LogP contribution is -2.39. The van der Waals surface area contributed by atoms with Crippen LogP contribution in [0.1, 0.15) is 52.5 Å². The number of amides is 1. The van der Waals surface area contributed by atoms with Gasteiger partial charge in [0.2, 0.25) is 5.78 Å². The Hall–Kier alpha value is -3.16. The minimum atomic E-state index is -0.987. The molecule has 0 atom stereocenters. The van der Waals surface area contributed by atoms with Gasteiger partial charge in [0.15, 0.2) is 0 Å². The normalized spacial score (nSPS) is 10.9. The van der Waals surface area contributed by atoms with Gasteiger partial charge >= 0.3 is 11.8 Å². The molecule has 0 aliphatic carbocycles. The third kappa shape index (κ3) is 4.52. The summed E-state index contributed by atoms with van der Waals surface area (Å²) in [5.74, 6) is -0.740. The number of aromatic amines is 1. The van der Waals surface area contributed by atoms with Gasteiger partial charge < -0.3 is 10.5 Å². The number of hydrogen-bond donors (Lipinski definition) is 2. The molecule has 0 bridgehead atoms. The van der Waals surface area contributed by atoms with Crippen LogP contribution in [0.25, 0.3) is 0 Å². The van der Waals surface area contributed by atoms with Gasteiger partial charge in [0.05, 0.1) is 6.54 Å². The summed E-state index contributed by atoms with van der Waals surface area (Å²) in [6.07, 6.45) is -0.987. The van der Waals surface area contributed by atoms with E-state index < -0.39 is 23.1 Å². The molecule has 0 fully saturated rings. The number of ketones is 1. The van der Waals surface area contributed by atoms with Crippen molar-refractivity contribution in [2.75, 3.05) is 6.61 Å². The molecule has 2 rings (SSSR count). The molecule has 1 aromatic carbocycles. The van der Waals surface area contributed by atoms with Crippen LogP contribution in [-0.4, -0.2) is 28.0 Å². The summed E-state index contributed by atoms with van der Waals surface area (Å²) in [5.41, 5.74) is 5.96. The monoisotopic (exact) mass is 373 g/mol. The SMILES string of the molecule is Cc1cc(C)cc(C(=O)c2c(C(C)C)c(=O)[nH]c(=O)n2CCOC(N)=O)c1. The highest BCUT2D eigenvalue weighted by Gasteiger charge is 2.24. The molecule has 3 N–H and O–H groups in total. The lowest BCUT2D eigenvalue weighted by Gasteiger charge is -2.17. The maximum Gasteiger partial charge on any atom is 0.404 e. The minimum Gasteiger partial charge on any atom is -0.448 e. The van der Waals surface area contributed by atoms with Crippen LogP contribution in [0, 0.1) is 13.8 Å². The van der Waals surface area contributed by atoms with Gasteiger partial charge in [-0.15, -0.1) is 0 Å². The number of benzene rings is 1. The van der Waals surface area contributed by atoms with Crippen molar-refractivity contribution in [1.29, 1.82) is 0 Å². The lowest BCUT2D eigenvalue weighted by molar-refractivity contribution is 0.102. The average Bonchev–Trinajstić information content (AvgIpc) is 2.54. The Morgan fingerprint density at radius 3 is 2.26 bits per heavy atom. The zero-order valence-electron chi connectivity index (χ0n) is 15.8. The summed E-state index contributed by atoms with van der Waals surface area (Å²) in [6, 6.07) is 5.33. The molecular formula is C19H23N3O5. The van der Waals surface area contributed by atoms with Crippen molar-refractivity contribution in [2.24, 2.45) is 5.73 Å². The van der Waals surface area contributed by atoms with E-state index in [0.717, 1.165) is 15.7 Å². The zero-order valence-corrected chi connectivity index (χ0v) is 15.8. The molecule has 0 saturated carbocycles. The van der Waals surface area contributed by atoms with Gasteiger partial charge in [-0.2, -0.15) is 0 Å². The second kappa shape index (κ2) is 8.03. The molecule has 0 radical (unpaired) electrons. The van der Waals surface area contributed by atoms with E-state index in [0.29, 0.717) is 5.56 Å². The number of rotatable bonds is 6. The van der Waals surface area contributed by atoms with Crippen molar-refractivity contribution >= 4 is 11.9 Å². The first-order chi connectivity index (χ1) is 12.6. The van der Waals surface area contributed by atoms with Crippen LogP contribution in [0.5, 0.6) is 0 Å². The molecule has 144 valence electrons. The highest BCUT2D eigenvalue weighted by Crippen LogP contribution is 2.19. The van der Waals surface area contributed by atoms with Crippen LogP contribution in [0.2, 0.25) is 0 Å². The highest BCUT2D eigenvalue weighted by molar-refractivity contribution is 6.09. The van der Waals surface area contributed by atoms with E-state index in [-0.39, 0.29) is 30.3 Å². The predicted octanol–water partition coefficient (Wildman–Crippen LogP) is 1.60. The maximum atomic E-state index is 13.3. The first-order valence-electron chi connectivity index (χ1n) is 8.54. The first kappa shape index (κ1) is 20.2. The molecular weight excluding hydrogens is 350 g/mol. The molecule has 2 aromatic rings. The summed E-state index contributed by atoms with van der Waals surface area (Å²) in [7, 11) is 0. The van der Waals surface area contributed by atoms with Crippen molar-refractivity contribution in [3.63, 3.8) is 0 Å². The van der Waals surface area contributed by atoms with E-state index in [1.54, 1.807) is 26.0 Å². The van der Waals surface area contributed by atoms with Crippen LogP contribution in [0.15, 0.2) is 27.8 Å². The standard InChI is InChI=1S/C19H23N3O5/c1-10(2)14-15(16(23)13-8-11(3)7-12(4)9-13)22(5-6-27-18(20)25)19(26)21-17(14)24/h7-10H,5-6H2,1-4H3,(H2,20,25)(H,21,24,26). The molecule has 8 nitrogen and oxygen atoms in total. The van der Waals surface area contributed by atoms with Crippen molar-refractivity contribution in [3.05, 3.63) is 67.0 Å². The van der Waals surface area contributed by atoms with Gasteiger partial charge in [0.1, 0.15) is 12.3 Å². The van der Waals surface area contributed by atoms with Crippen LogP contribution in [0.4, 0.5) is 4.79 Å². The number of aryl methyl sites for hydroxylation is 2. The van der Waals surface area contributed by atoms with Gasteiger partial charge in [-0.25, -0.2) is 9.59 Å². The second-order valence-corrected chi connectivity index (χ2v) is 6.70. The van der Waals surface area contributed by atoms with E-state index >= 15 is 0 Å². The number of carbonyl (C=O) groups is 2. The summed E-state index contributed by atoms with van der Waals surface area (Å²) in [5, 5.41) is 0.